The lowest BCUT2D eigenvalue weighted by molar-refractivity contribution is 0.268. The van der Waals surface area contributed by atoms with Gasteiger partial charge in [-0.1, -0.05) is 24.3 Å². The van der Waals surface area contributed by atoms with Gasteiger partial charge in [0, 0.05) is 18.0 Å². The summed E-state index contributed by atoms with van der Waals surface area (Å²) in [5, 5.41) is 9.10. The molecule has 1 heterocycles. The number of nitrogens with two attached hydrogens (primary N) is 1. The van der Waals surface area contributed by atoms with E-state index in [2.05, 4.69) is 9.97 Å². The van der Waals surface area contributed by atoms with Gasteiger partial charge in [-0.2, -0.15) is 0 Å². The highest BCUT2D eigenvalue weighted by Gasteiger charge is 2.10. The van der Waals surface area contributed by atoms with Crippen LogP contribution in [0.3, 0.4) is 0 Å². The van der Waals surface area contributed by atoms with E-state index in [0.717, 1.165) is 16.7 Å². The van der Waals surface area contributed by atoms with Crippen LogP contribution in [-0.4, -0.2) is 21.7 Å². The van der Waals surface area contributed by atoms with Crippen molar-refractivity contribution < 1.29 is 5.11 Å². The summed E-state index contributed by atoms with van der Waals surface area (Å²) >= 11 is 0. The maximum Gasteiger partial charge on any atom is 0.115 e. The van der Waals surface area contributed by atoms with Gasteiger partial charge in [-0.25, -0.2) is 9.97 Å². The Kier molecular flexibility index (Phi) is 3.24. The van der Waals surface area contributed by atoms with Crippen molar-refractivity contribution in [3.05, 3.63) is 48.5 Å². The van der Waals surface area contributed by atoms with Crippen LogP contribution in [0.4, 0.5) is 0 Å². The zero-order chi connectivity index (χ0) is 11.4. The number of rotatable bonds is 3. The van der Waals surface area contributed by atoms with Gasteiger partial charge in [-0.3, -0.25) is 0 Å². The maximum absolute atomic E-state index is 9.10. The molecule has 1 atom stereocenters. The highest BCUT2D eigenvalue weighted by molar-refractivity contribution is 5.66. The summed E-state index contributed by atoms with van der Waals surface area (Å²) in [4.78, 5) is 7.95. The molecule has 0 unspecified atom stereocenters. The van der Waals surface area contributed by atoms with E-state index in [4.69, 9.17) is 10.8 Å². The van der Waals surface area contributed by atoms with Crippen LogP contribution >= 0.6 is 0 Å². The molecule has 4 heteroatoms. The zero-order valence-electron chi connectivity index (χ0n) is 8.74. The fourth-order valence-electron chi connectivity index (χ4n) is 1.62. The molecule has 82 valence electrons. The number of aliphatic hydroxyl groups excluding tert-OH is 1. The lowest BCUT2D eigenvalue weighted by Gasteiger charge is -2.13. The van der Waals surface area contributed by atoms with Gasteiger partial charge < -0.3 is 10.8 Å². The summed E-state index contributed by atoms with van der Waals surface area (Å²) in [5.41, 5.74) is 8.61. The van der Waals surface area contributed by atoms with Crippen LogP contribution in [0.15, 0.2) is 43.0 Å². The molecule has 0 aliphatic carbocycles. The van der Waals surface area contributed by atoms with Crippen molar-refractivity contribution in [3.63, 3.8) is 0 Å². The summed E-state index contributed by atoms with van der Waals surface area (Å²) in [6.07, 6.45) is 4.95. The molecule has 0 saturated carbocycles. The van der Waals surface area contributed by atoms with Gasteiger partial charge >= 0.3 is 0 Å². The van der Waals surface area contributed by atoms with Crippen molar-refractivity contribution in [2.45, 2.75) is 6.04 Å². The molecule has 16 heavy (non-hydrogen) atoms. The summed E-state index contributed by atoms with van der Waals surface area (Å²) in [6, 6.07) is 7.30. The number of hydrogen-bond acceptors (Lipinski definition) is 4. The van der Waals surface area contributed by atoms with Gasteiger partial charge in [0.05, 0.1) is 12.6 Å². The van der Waals surface area contributed by atoms with Crippen LogP contribution in [0.1, 0.15) is 11.6 Å². The molecule has 2 aromatic rings. The van der Waals surface area contributed by atoms with E-state index in [1.54, 1.807) is 12.4 Å². The molecule has 1 aromatic heterocycles. The zero-order valence-corrected chi connectivity index (χ0v) is 8.74. The number of hydrogen-bond donors (Lipinski definition) is 2. The number of aromatic nitrogens is 2. The van der Waals surface area contributed by atoms with Crippen molar-refractivity contribution in [3.8, 4) is 11.1 Å². The Bertz CT molecular complexity index is 459. The minimum Gasteiger partial charge on any atom is -0.394 e. The van der Waals surface area contributed by atoms with Crippen LogP contribution in [0.25, 0.3) is 11.1 Å². The van der Waals surface area contributed by atoms with Crippen molar-refractivity contribution in [1.29, 1.82) is 0 Å². The Labute approximate surface area is 93.8 Å². The second-order valence-corrected chi connectivity index (χ2v) is 3.50. The van der Waals surface area contributed by atoms with E-state index in [0.29, 0.717) is 0 Å². The molecule has 1 aromatic carbocycles. The van der Waals surface area contributed by atoms with Crippen LogP contribution in [-0.2, 0) is 0 Å². The van der Waals surface area contributed by atoms with E-state index in [1.807, 2.05) is 24.3 Å². The predicted molar refractivity (Wildman–Crippen MR) is 61.5 cm³/mol. The van der Waals surface area contributed by atoms with Crippen LogP contribution < -0.4 is 5.73 Å². The first-order chi connectivity index (χ1) is 7.83. The summed E-state index contributed by atoms with van der Waals surface area (Å²) < 4.78 is 0. The van der Waals surface area contributed by atoms with Gasteiger partial charge in [-0.05, 0) is 11.1 Å². The molecule has 0 radical (unpaired) electrons. The van der Waals surface area contributed by atoms with Gasteiger partial charge in [-0.15, -0.1) is 0 Å². The smallest absolute Gasteiger partial charge is 0.115 e. The SMILES string of the molecule is N[C@H](CO)c1ccccc1-c1cncnc1. The second-order valence-electron chi connectivity index (χ2n) is 3.50. The summed E-state index contributed by atoms with van der Waals surface area (Å²) in [7, 11) is 0. The third-order valence-corrected chi connectivity index (χ3v) is 2.43. The van der Waals surface area contributed by atoms with Crippen LogP contribution in [0.5, 0.6) is 0 Å². The average Bonchev–Trinajstić information content (AvgIpc) is 2.39. The molecule has 3 N–H and O–H groups in total. The number of nitrogens with zero attached hydrogens (tertiary/aromatic N) is 2. The third-order valence-electron chi connectivity index (χ3n) is 2.43. The lowest BCUT2D eigenvalue weighted by Crippen LogP contribution is -2.15. The van der Waals surface area contributed by atoms with E-state index in [-0.39, 0.29) is 12.6 Å². The highest BCUT2D eigenvalue weighted by Crippen LogP contribution is 2.25. The minimum absolute atomic E-state index is 0.0787. The normalized spacial score (nSPS) is 12.4. The Morgan fingerprint density at radius 2 is 1.88 bits per heavy atom. The second kappa shape index (κ2) is 4.83. The fourth-order valence-corrected chi connectivity index (χ4v) is 1.62. The third kappa shape index (κ3) is 2.08. The topological polar surface area (TPSA) is 72.0 Å². The molecule has 0 saturated heterocycles. The molecule has 0 aliphatic heterocycles. The monoisotopic (exact) mass is 215 g/mol. The van der Waals surface area contributed by atoms with Crippen molar-refractivity contribution >= 4 is 0 Å². The van der Waals surface area contributed by atoms with Crippen molar-refractivity contribution in [2.75, 3.05) is 6.61 Å². The molecule has 2 rings (SSSR count). The van der Waals surface area contributed by atoms with E-state index >= 15 is 0 Å². The minimum atomic E-state index is -0.378. The first-order valence-electron chi connectivity index (χ1n) is 5.03. The Balaban J connectivity index is 2.49. The molecule has 0 bridgehead atoms. The molecule has 0 fully saturated rings. The van der Waals surface area contributed by atoms with Crippen molar-refractivity contribution in [2.24, 2.45) is 5.73 Å². The molecule has 0 amide bonds. The van der Waals surface area contributed by atoms with Crippen molar-refractivity contribution in [1.82, 2.24) is 9.97 Å². The van der Waals surface area contributed by atoms with Gasteiger partial charge in [0.15, 0.2) is 0 Å². The lowest BCUT2D eigenvalue weighted by atomic mass is 9.97. The van der Waals surface area contributed by atoms with E-state index in [1.165, 1.54) is 6.33 Å². The van der Waals surface area contributed by atoms with Gasteiger partial charge in [0.1, 0.15) is 6.33 Å². The standard InChI is InChI=1S/C12H13N3O/c13-12(7-16)11-4-2-1-3-10(11)9-5-14-8-15-6-9/h1-6,8,12,16H,7,13H2/t12-/m1/s1. The molecular formula is C12H13N3O. The van der Waals surface area contributed by atoms with Crippen LogP contribution in [0.2, 0.25) is 0 Å². The van der Waals surface area contributed by atoms with E-state index in [9.17, 15) is 0 Å². The maximum atomic E-state index is 9.10. The highest BCUT2D eigenvalue weighted by atomic mass is 16.3. The average molecular weight is 215 g/mol. The quantitative estimate of drug-likeness (QED) is 0.805. The molecular weight excluding hydrogens is 202 g/mol. The largest absolute Gasteiger partial charge is 0.394 e. The molecule has 0 spiro atoms. The fraction of sp³-hybridized carbons (Fsp3) is 0.167. The van der Waals surface area contributed by atoms with Gasteiger partial charge in [0.25, 0.3) is 0 Å². The number of aliphatic hydroxyl groups is 1. The molecule has 0 aliphatic rings. The number of benzene rings is 1. The summed E-state index contributed by atoms with van der Waals surface area (Å²) in [5.74, 6) is 0. The first-order valence-corrected chi connectivity index (χ1v) is 5.03. The summed E-state index contributed by atoms with van der Waals surface area (Å²) in [6.45, 7) is -0.0787. The Morgan fingerprint density at radius 3 is 2.56 bits per heavy atom. The van der Waals surface area contributed by atoms with E-state index < -0.39 is 0 Å². The van der Waals surface area contributed by atoms with Gasteiger partial charge in [0.2, 0.25) is 0 Å². The Morgan fingerprint density at radius 1 is 1.19 bits per heavy atom. The van der Waals surface area contributed by atoms with Crippen LogP contribution in [0, 0.1) is 0 Å². The molecule has 4 nitrogen and oxygen atoms in total. The Hall–Kier alpha value is -1.78. The first kappa shape index (κ1) is 10.7. The predicted octanol–water partition coefficient (Wildman–Crippen LogP) is 1.14.